The summed E-state index contributed by atoms with van der Waals surface area (Å²) in [7, 11) is -4.45. The van der Waals surface area contributed by atoms with Gasteiger partial charge >= 0.3 is 7.60 Å². The van der Waals surface area contributed by atoms with Crippen molar-refractivity contribution in [3.63, 3.8) is 0 Å². The van der Waals surface area contributed by atoms with E-state index in [-0.39, 0.29) is 0 Å². The number of nitrogens with zero attached hydrogens (tertiary/aromatic N) is 1. The van der Waals surface area contributed by atoms with Crippen molar-refractivity contribution in [3.05, 3.63) is 40.7 Å². The van der Waals surface area contributed by atoms with Crippen molar-refractivity contribution in [1.29, 1.82) is 5.26 Å². The van der Waals surface area contributed by atoms with Crippen molar-refractivity contribution in [2.45, 2.75) is 6.92 Å². The van der Waals surface area contributed by atoms with Gasteiger partial charge in [0.2, 0.25) is 0 Å². The fourth-order valence-electron chi connectivity index (χ4n) is 1.00. The summed E-state index contributed by atoms with van der Waals surface area (Å²) >= 11 is 0. The van der Waals surface area contributed by atoms with Gasteiger partial charge in [0.1, 0.15) is 11.4 Å². The summed E-state index contributed by atoms with van der Waals surface area (Å²) in [5.74, 6) is 0. The van der Waals surface area contributed by atoms with Crippen molar-refractivity contribution >= 4 is 13.7 Å². The van der Waals surface area contributed by atoms with E-state index in [0.29, 0.717) is 5.56 Å². The maximum absolute atomic E-state index is 10.8. The molecule has 1 aromatic carbocycles. The van der Waals surface area contributed by atoms with Crippen LogP contribution < -0.4 is 0 Å². The van der Waals surface area contributed by atoms with E-state index < -0.39 is 12.9 Å². The summed E-state index contributed by atoms with van der Waals surface area (Å²) in [5.41, 5.74) is 1.64. The number of aryl methyl sites for hydroxylation is 1. The van der Waals surface area contributed by atoms with Gasteiger partial charge in [-0.1, -0.05) is 29.8 Å². The van der Waals surface area contributed by atoms with Crippen LogP contribution in [-0.2, 0) is 4.57 Å². The molecule has 15 heavy (non-hydrogen) atoms. The van der Waals surface area contributed by atoms with Crippen molar-refractivity contribution in [1.82, 2.24) is 0 Å². The molecule has 0 bridgehead atoms. The number of nitriles is 1. The second-order valence-electron chi connectivity index (χ2n) is 3.10. The molecule has 0 amide bonds. The van der Waals surface area contributed by atoms with Crippen LogP contribution in [0.15, 0.2) is 29.6 Å². The van der Waals surface area contributed by atoms with Gasteiger partial charge in [-0.05, 0) is 18.6 Å². The van der Waals surface area contributed by atoms with Gasteiger partial charge in [-0.25, -0.2) is 0 Å². The summed E-state index contributed by atoms with van der Waals surface area (Å²) < 4.78 is 10.8. The Kier molecular flexibility index (Phi) is 3.43. The Morgan fingerprint density at radius 2 is 1.93 bits per heavy atom. The first-order valence-electron chi connectivity index (χ1n) is 4.18. The average molecular weight is 223 g/mol. The SMILES string of the molecule is Cc1ccc(/C=C(\C#N)P(=O)(O)O)cc1. The minimum atomic E-state index is -4.45. The van der Waals surface area contributed by atoms with Gasteiger partial charge in [-0.15, -0.1) is 0 Å². The van der Waals surface area contributed by atoms with E-state index in [0.717, 1.165) is 5.56 Å². The standard InChI is InChI=1S/C10H10NO3P/c1-8-2-4-9(5-3-8)6-10(7-11)15(12,13)14/h2-6H,1H3,(H2,12,13,14)/b10-6+. The molecule has 0 radical (unpaired) electrons. The van der Waals surface area contributed by atoms with E-state index in [2.05, 4.69) is 0 Å². The van der Waals surface area contributed by atoms with Crippen LogP contribution in [-0.4, -0.2) is 9.79 Å². The van der Waals surface area contributed by atoms with Gasteiger partial charge in [0, 0.05) is 0 Å². The van der Waals surface area contributed by atoms with Crippen LogP contribution in [0.5, 0.6) is 0 Å². The quantitative estimate of drug-likeness (QED) is 0.593. The van der Waals surface area contributed by atoms with Crippen molar-refractivity contribution in [2.75, 3.05) is 0 Å². The van der Waals surface area contributed by atoms with Crippen LogP contribution in [0.4, 0.5) is 0 Å². The third-order valence-corrected chi connectivity index (χ3v) is 2.67. The third-order valence-electron chi connectivity index (χ3n) is 1.81. The van der Waals surface area contributed by atoms with Gasteiger partial charge in [-0.3, -0.25) is 4.57 Å². The highest BCUT2D eigenvalue weighted by Crippen LogP contribution is 2.45. The molecule has 0 spiro atoms. The predicted octanol–water partition coefficient (Wildman–Crippen LogP) is 2.04. The zero-order valence-electron chi connectivity index (χ0n) is 8.08. The zero-order valence-corrected chi connectivity index (χ0v) is 8.98. The Morgan fingerprint density at radius 1 is 1.40 bits per heavy atom. The number of benzene rings is 1. The molecule has 78 valence electrons. The van der Waals surface area contributed by atoms with Gasteiger partial charge in [0.15, 0.2) is 0 Å². The van der Waals surface area contributed by atoms with Gasteiger partial charge in [-0.2, -0.15) is 5.26 Å². The number of allylic oxidation sites excluding steroid dienone is 1. The highest BCUT2D eigenvalue weighted by atomic mass is 31.2. The average Bonchev–Trinajstić information content (AvgIpc) is 2.15. The molecule has 0 aromatic heterocycles. The van der Waals surface area contributed by atoms with Crippen LogP contribution in [0, 0.1) is 18.3 Å². The highest BCUT2D eigenvalue weighted by molar-refractivity contribution is 7.57. The minimum Gasteiger partial charge on any atom is -0.321 e. The third kappa shape index (κ3) is 3.34. The fraction of sp³-hybridized carbons (Fsp3) is 0.100. The highest BCUT2D eigenvalue weighted by Gasteiger charge is 2.20. The Labute approximate surface area is 87.6 Å². The first-order chi connectivity index (χ1) is 6.93. The number of hydrogen-bond acceptors (Lipinski definition) is 2. The normalized spacial score (nSPS) is 12.3. The molecule has 0 atom stereocenters. The molecule has 0 aliphatic carbocycles. The smallest absolute Gasteiger partial charge is 0.321 e. The topological polar surface area (TPSA) is 81.3 Å². The molecule has 0 aliphatic heterocycles. The van der Waals surface area contributed by atoms with Crippen molar-refractivity contribution in [3.8, 4) is 6.07 Å². The number of rotatable bonds is 2. The lowest BCUT2D eigenvalue weighted by Gasteiger charge is -2.01. The monoisotopic (exact) mass is 223 g/mol. The van der Waals surface area contributed by atoms with E-state index in [1.807, 2.05) is 6.92 Å². The second-order valence-corrected chi connectivity index (χ2v) is 4.67. The summed E-state index contributed by atoms with van der Waals surface area (Å²) in [5, 5.41) is 8.05. The molecule has 0 saturated carbocycles. The Bertz CT molecular complexity index is 464. The molecule has 0 saturated heterocycles. The summed E-state index contributed by atoms with van der Waals surface area (Å²) in [4.78, 5) is 17.6. The molecule has 4 nitrogen and oxygen atoms in total. The minimum absolute atomic E-state index is 0.522. The van der Waals surface area contributed by atoms with E-state index in [9.17, 15) is 4.57 Å². The maximum atomic E-state index is 10.8. The number of hydrogen-bond donors (Lipinski definition) is 2. The van der Waals surface area contributed by atoms with E-state index in [1.165, 1.54) is 12.1 Å². The molecule has 1 aromatic rings. The van der Waals surface area contributed by atoms with Gasteiger partial charge in [0.05, 0.1) is 0 Å². The second kappa shape index (κ2) is 4.41. The molecule has 0 fully saturated rings. The summed E-state index contributed by atoms with van der Waals surface area (Å²) in [6.07, 6.45) is 1.19. The molecular formula is C10H10NO3P. The zero-order chi connectivity index (χ0) is 11.5. The molecule has 5 heteroatoms. The first kappa shape index (κ1) is 11.7. The molecule has 0 aliphatic rings. The van der Waals surface area contributed by atoms with Gasteiger partial charge < -0.3 is 9.79 Å². The Morgan fingerprint density at radius 3 is 2.33 bits per heavy atom. The van der Waals surface area contributed by atoms with Crippen molar-refractivity contribution < 1.29 is 14.4 Å². The molecule has 0 unspecified atom stereocenters. The largest absolute Gasteiger partial charge is 0.366 e. The maximum Gasteiger partial charge on any atom is 0.366 e. The van der Waals surface area contributed by atoms with Crippen LogP contribution >= 0.6 is 7.60 Å². The van der Waals surface area contributed by atoms with Crippen LogP contribution in [0.2, 0.25) is 0 Å². The molecule has 0 heterocycles. The van der Waals surface area contributed by atoms with Crippen LogP contribution in [0.3, 0.4) is 0 Å². The fourth-order valence-corrected chi connectivity index (χ4v) is 1.45. The van der Waals surface area contributed by atoms with Crippen molar-refractivity contribution in [2.24, 2.45) is 0 Å². The van der Waals surface area contributed by atoms with E-state index in [1.54, 1.807) is 24.3 Å². The first-order valence-corrected chi connectivity index (χ1v) is 5.79. The Hall–Kier alpha value is -1.40. The summed E-state index contributed by atoms with van der Waals surface area (Å²) in [6, 6.07) is 8.51. The van der Waals surface area contributed by atoms with Gasteiger partial charge in [0.25, 0.3) is 0 Å². The summed E-state index contributed by atoms with van der Waals surface area (Å²) in [6.45, 7) is 1.90. The lowest BCUT2D eigenvalue weighted by molar-refractivity contribution is 0.384. The van der Waals surface area contributed by atoms with E-state index >= 15 is 0 Å². The van der Waals surface area contributed by atoms with Crippen LogP contribution in [0.25, 0.3) is 6.08 Å². The lowest BCUT2D eigenvalue weighted by Crippen LogP contribution is -1.83. The Balaban J connectivity index is 3.11. The van der Waals surface area contributed by atoms with Crippen LogP contribution in [0.1, 0.15) is 11.1 Å². The molecule has 1 rings (SSSR count). The molecule has 2 N–H and O–H groups in total. The molecular weight excluding hydrogens is 213 g/mol. The van der Waals surface area contributed by atoms with E-state index in [4.69, 9.17) is 15.0 Å². The predicted molar refractivity (Wildman–Crippen MR) is 56.8 cm³/mol. The lowest BCUT2D eigenvalue weighted by atomic mass is 10.1.